The van der Waals surface area contributed by atoms with Gasteiger partial charge in [-0.2, -0.15) is 0 Å². The van der Waals surface area contributed by atoms with Crippen LogP contribution in [0.3, 0.4) is 0 Å². The zero-order valence-electron chi connectivity index (χ0n) is 11.9. The second-order valence-corrected chi connectivity index (χ2v) is 4.64. The van der Waals surface area contributed by atoms with E-state index in [0.717, 1.165) is 5.56 Å². The molecule has 0 bridgehead atoms. The maximum Gasteiger partial charge on any atom is 0.261 e. The van der Waals surface area contributed by atoms with E-state index in [0.29, 0.717) is 12.3 Å². The second-order valence-electron chi connectivity index (χ2n) is 4.64. The number of aromatic hydroxyl groups is 2. The zero-order valence-corrected chi connectivity index (χ0v) is 11.9. The fourth-order valence-electron chi connectivity index (χ4n) is 2.10. The SMILES string of the molecule is COc1ccccc1CN(C)C(=O)c1c(O)cccc1O. The van der Waals surface area contributed by atoms with Crippen molar-refractivity contribution in [2.45, 2.75) is 6.54 Å². The zero-order chi connectivity index (χ0) is 15.4. The van der Waals surface area contributed by atoms with E-state index in [4.69, 9.17) is 4.74 Å². The summed E-state index contributed by atoms with van der Waals surface area (Å²) < 4.78 is 5.24. The summed E-state index contributed by atoms with van der Waals surface area (Å²) in [7, 11) is 3.16. The van der Waals surface area contributed by atoms with Crippen LogP contribution in [0.4, 0.5) is 0 Å². The molecule has 0 unspecified atom stereocenters. The molecule has 0 aromatic heterocycles. The highest BCUT2D eigenvalue weighted by Crippen LogP contribution is 2.28. The molecule has 0 radical (unpaired) electrons. The lowest BCUT2D eigenvalue weighted by Gasteiger charge is -2.19. The molecule has 0 fully saturated rings. The Hall–Kier alpha value is -2.69. The molecule has 5 heteroatoms. The predicted molar refractivity (Wildman–Crippen MR) is 78.6 cm³/mol. The number of nitrogens with zero attached hydrogens (tertiary/aromatic N) is 1. The molecule has 0 heterocycles. The van der Waals surface area contributed by atoms with Gasteiger partial charge < -0.3 is 19.8 Å². The highest BCUT2D eigenvalue weighted by Gasteiger charge is 2.20. The number of phenolic OH excluding ortho intramolecular Hbond substituents is 2. The van der Waals surface area contributed by atoms with Crippen LogP contribution in [0.2, 0.25) is 0 Å². The summed E-state index contributed by atoms with van der Waals surface area (Å²) in [6.45, 7) is 0.302. The van der Waals surface area contributed by atoms with Gasteiger partial charge in [-0.25, -0.2) is 0 Å². The fraction of sp³-hybridized carbons (Fsp3) is 0.188. The molecular weight excluding hydrogens is 270 g/mol. The first-order chi connectivity index (χ1) is 10.0. The number of ether oxygens (including phenoxy) is 1. The quantitative estimate of drug-likeness (QED) is 0.905. The number of para-hydroxylation sites is 1. The Morgan fingerprint density at radius 3 is 2.33 bits per heavy atom. The van der Waals surface area contributed by atoms with Crippen LogP contribution >= 0.6 is 0 Å². The van der Waals surface area contributed by atoms with E-state index in [2.05, 4.69) is 0 Å². The average molecular weight is 287 g/mol. The number of rotatable bonds is 4. The van der Waals surface area contributed by atoms with Crippen molar-refractivity contribution in [2.75, 3.05) is 14.2 Å². The molecule has 21 heavy (non-hydrogen) atoms. The normalized spacial score (nSPS) is 10.2. The lowest BCUT2D eigenvalue weighted by Crippen LogP contribution is -2.26. The number of benzene rings is 2. The van der Waals surface area contributed by atoms with Crippen molar-refractivity contribution in [3.63, 3.8) is 0 Å². The number of amides is 1. The highest BCUT2D eigenvalue weighted by molar-refractivity contribution is 5.99. The Morgan fingerprint density at radius 1 is 1.10 bits per heavy atom. The van der Waals surface area contributed by atoms with E-state index >= 15 is 0 Å². The van der Waals surface area contributed by atoms with Crippen molar-refractivity contribution in [1.82, 2.24) is 4.90 Å². The first kappa shape index (κ1) is 14.7. The number of carbonyl (C=O) groups excluding carboxylic acids is 1. The average Bonchev–Trinajstić information content (AvgIpc) is 2.47. The Labute approximate surface area is 123 Å². The molecular formula is C16H17NO4. The van der Waals surface area contributed by atoms with Gasteiger partial charge >= 0.3 is 0 Å². The number of hydrogen-bond acceptors (Lipinski definition) is 4. The van der Waals surface area contributed by atoms with Crippen LogP contribution < -0.4 is 4.74 Å². The largest absolute Gasteiger partial charge is 0.507 e. The topological polar surface area (TPSA) is 70.0 Å². The summed E-state index contributed by atoms with van der Waals surface area (Å²) in [5.41, 5.74) is 0.737. The van der Waals surface area contributed by atoms with Crippen molar-refractivity contribution in [2.24, 2.45) is 0 Å². The lowest BCUT2D eigenvalue weighted by molar-refractivity contribution is 0.0778. The molecule has 0 atom stereocenters. The van der Waals surface area contributed by atoms with Gasteiger partial charge in [0, 0.05) is 19.2 Å². The van der Waals surface area contributed by atoms with Gasteiger partial charge in [0.15, 0.2) is 0 Å². The summed E-state index contributed by atoms with van der Waals surface area (Å²) in [5.74, 6) is -0.270. The standard InChI is InChI=1S/C16H17NO4/c1-17(10-11-6-3-4-9-14(11)21-2)16(20)15-12(18)7-5-8-13(15)19/h3-9,18-19H,10H2,1-2H3. The number of methoxy groups -OCH3 is 1. The Balaban J connectivity index is 2.24. The van der Waals surface area contributed by atoms with Crippen molar-refractivity contribution in [3.8, 4) is 17.2 Å². The Kier molecular flexibility index (Phi) is 4.33. The summed E-state index contributed by atoms with van der Waals surface area (Å²) in [6.07, 6.45) is 0. The van der Waals surface area contributed by atoms with Crippen molar-refractivity contribution in [1.29, 1.82) is 0 Å². The molecule has 0 aliphatic heterocycles. The molecule has 1 amide bonds. The van der Waals surface area contributed by atoms with E-state index in [1.807, 2.05) is 24.3 Å². The van der Waals surface area contributed by atoms with E-state index in [1.165, 1.54) is 23.1 Å². The summed E-state index contributed by atoms with van der Waals surface area (Å²) in [4.78, 5) is 13.8. The summed E-state index contributed by atoms with van der Waals surface area (Å²) >= 11 is 0. The molecule has 0 saturated carbocycles. The van der Waals surface area contributed by atoms with Crippen LogP contribution in [0.15, 0.2) is 42.5 Å². The third-order valence-electron chi connectivity index (χ3n) is 3.18. The fourth-order valence-corrected chi connectivity index (χ4v) is 2.10. The third-order valence-corrected chi connectivity index (χ3v) is 3.18. The second kappa shape index (κ2) is 6.17. The lowest BCUT2D eigenvalue weighted by atomic mass is 10.1. The first-order valence-electron chi connectivity index (χ1n) is 6.43. The van der Waals surface area contributed by atoms with Crippen LogP contribution in [0.5, 0.6) is 17.2 Å². The summed E-state index contributed by atoms with van der Waals surface area (Å²) in [5, 5.41) is 19.5. The number of phenols is 2. The van der Waals surface area contributed by atoms with E-state index in [1.54, 1.807) is 14.2 Å². The van der Waals surface area contributed by atoms with Gasteiger partial charge in [-0.3, -0.25) is 4.79 Å². The van der Waals surface area contributed by atoms with Crippen LogP contribution in [0.1, 0.15) is 15.9 Å². The maximum absolute atomic E-state index is 12.4. The Morgan fingerprint density at radius 2 is 1.71 bits per heavy atom. The molecule has 2 aromatic rings. The molecule has 110 valence electrons. The minimum absolute atomic E-state index is 0.102. The number of hydrogen-bond donors (Lipinski definition) is 2. The van der Waals surface area contributed by atoms with Crippen LogP contribution in [-0.4, -0.2) is 35.2 Å². The molecule has 0 spiro atoms. The monoisotopic (exact) mass is 287 g/mol. The highest BCUT2D eigenvalue weighted by atomic mass is 16.5. The first-order valence-corrected chi connectivity index (χ1v) is 6.43. The van der Waals surface area contributed by atoms with Crippen molar-refractivity contribution in [3.05, 3.63) is 53.6 Å². The molecule has 0 aliphatic carbocycles. The van der Waals surface area contributed by atoms with Gasteiger partial charge in [-0.1, -0.05) is 24.3 Å². The Bertz CT molecular complexity index is 634. The van der Waals surface area contributed by atoms with Crippen LogP contribution in [0.25, 0.3) is 0 Å². The smallest absolute Gasteiger partial charge is 0.261 e. The predicted octanol–water partition coefficient (Wildman–Crippen LogP) is 2.38. The van der Waals surface area contributed by atoms with Gasteiger partial charge in [0.1, 0.15) is 22.8 Å². The summed E-state index contributed by atoms with van der Waals surface area (Å²) in [6, 6.07) is 11.6. The van der Waals surface area contributed by atoms with Gasteiger partial charge in [-0.05, 0) is 18.2 Å². The van der Waals surface area contributed by atoms with Crippen molar-refractivity contribution >= 4 is 5.91 Å². The molecule has 0 aliphatic rings. The van der Waals surface area contributed by atoms with Gasteiger partial charge in [0.05, 0.1) is 7.11 Å². The van der Waals surface area contributed by atoms with Gasteiger partial charge in [0.25, 0.3) is 5.91 Å². The molecule has 2 rings (SSSR count). The van der Waals surface area contributed by atoms with E-state index < -0.39 is 5.91 Å². The molecule has 0 saturated heterocycles. The molecule has 5 nitrogen and oxygen atoms in total. The van der Waals surface area contributed by atoms with Gasteiger partial charge in [0.2, 0.25) is 0 Å². The van der Waals surface area contributed by atoms with Crippen LogP contribution in [-0.2, 0) is 6.54 Å². The van der Waals surface area contributed by atoms with Gasteiger partial charge in [-0.15, -0.1) is 0 Å². The molecule has 2 aromatic carbocycles. The van der Waals surface area contributed by atoms with Crippen LogP contribution in [0, 0.1) is 0 Å². The maximum atomic E-state index is 12.4. The minimum Gasteiger partial charge on any atom is -0.507 e. The van der Waals surface area contributed by atoms with E-state index in [-0.39, 0.29) is 17.1 Å². The third kappa shape index (κ3) is 3.08. The van der Waals surface area contributed by atoms with Crippen molar-refractivity contribution < 1.29 is 19.7 Å². The molecule has 2 N–H and O–H groups in total. The number of carbonyl (C=O) groups is 1. The van der Waals surface area contributed by atoms with E-state index in [9.17, 15) is 15.0 Å². The minimum atomic E-state index is -0.462.